The molecule has 1 heterocycles. The van der Waals surface area contributed by atoms with Crippen molar-refractivity contribution in [2.24, 2.45) is 0 Å². The number of amides is 1. The zero-order valence-electron chi connectivity index (χ0n) is 14.1. The van der Waals surface area contributed by atoms with Crippen molar-refractivity contribution in [1.29, 1.82) is 0 Å². The van der Waals surface area contributed by atoms with E-state index in [-0.39, 0.29) is 12.3 Å². The van der Waals surface area contributed by atoms with Gasteiger partial charge in [-0.15, -0.1) is 0 Å². The standard InChI is InChI=1S/C20H19N3O3/c24-19(25)11-8-15-6-9-18(10-7-15)22-20(26)17-12-21-23(14-17)13-16-4-2-1-3-5-16/h1-7,9-10,12,14H,8,11,13H2,(H,22,26)(H,24,25). The van der Waals surface area contributed by atoms with Crippen molar-refractivity contribution < 1.29 is 14.7 Å². The molecule has 0 aliphatic rings. The molecule has 0 fully saturated rings. The van der Waals surface area contributed by atoms with E-state index in [1.807, 2.05) is 42.5 Å². The van der Waals surface area contributed by atoms with Gasteiger partial charge < -0.3 is 10.4 Å². The first-order valence-electron chi connectivity index (χ1n) is 8.28. The molecule has 0 spiro atoms. The molecule has 0 bridgehead atoms. The molecule has 2 aromatic carbocycles. The number of aromatic nitrogens is 2. The number of nitrogens with zero attached hydrogens (tertiary/aromatic N) is 2. The normalized spacial score (nSPS) is 10.5. The second kappa shape index (κ2) is 8.11. The van der Waals surface area contributed by atoms with Gasteiger partial charge >= 0.3 is 5.97 Å². The smallest absolute Gasteiger partial charge is 0.303 e. The van der Waals surface area contributed by atoms with Crippen molar-refractivity contribution in [3.8, 4) is 0 Å². The molecule has 6 heteroatoms. The molecule has 1 amide bonds. The minimum absolute atomic E-state index is 0.0896. The maximum atomic E-state index is 12.3. The highest BCUT2D eigenvalue weighted by atomic mass is 16.4. The zero-order chi connectivity index (χ0) is 18.4. The van der Waals surface area contributed by atoms with E-state index >= 15 is 0 Å². The molecule has 26 heavy (non-hydrogen) atoms. The lowest BCUT2D eigenvalue weighted by Crippen LogP contribution is -2.11. The fourth-order valence-electron chi connectivity index (χ4n) is 2.55. The maximum Gasteiger partial charge on any atom is 0.303 e. The Labute approximate surface area is 151 Å². The second-order valence-electron chi connectivity index (χ2n) is 5.96. The fraction of sp³-hybridized carbons (Fsp3) is 0.150. The van der Waals surface area contributed by atoms with E-state index in [0.29, 0.717) is 24.2 Å². The van der Waals surface area contributed by atoms with E-state index in [1.54, 1.807) is 29.2 Å². The second-order valence-corrected chi connectivity index (χ2v) is 5.96. The van der Waals surface area contributed by atoms with Gasteiger partial charge in [0.2, 0.25) is 0 Å². The number of benzene rings is 2. The molecule has 0 radical (unpaired) electrons. The number of aryl methyl sites for hydroxylation is 1. The van der Waals surface area contributed by atoms with Crippen molar-refractivity contribution in [2.45, 2.75) is 19.4 Å². The average Bonchev–Trinajstić information content (AvgIpc) is 3.10. The molecule has 0 saturated heterocycles. The third-order valence-corrected chi connectivity index (χ3v) is 3.92. The van der Waals surface area contributed by atoms with Gasteiger partial charge in [0.15, 0.2) is 0 Å². The summed E-state index contributed by atoms with van der Waals surface area (Å²) in [5.74, 6) is -1.06. The summed E-state index contributed by atoms with van der Waals surface area (Å²) in [4.78, 5) is 22.9. The molecule has 0 aliphatic heterocycles. The van der Waals surface area contributed by atoms with Crippen molar-refractivity contribution in [3.05, 3.63) is 83.7 Å². The number of carboxylic acid groups (broad SMARTS) is 1. The highest BCUT2D eigenvalue weighted by molar-refractivity contribution is 6.03. The van der Waals surface area contributed by atoms with E-state index < -0.39 is 5.97 Å². The van der Waals surface area contributed by atoms with Crippen LogP contribution in [0.15, 0.2) is 67.0 Å². The summed E-state index contributed by atoms with van der Waals surface area (Å²) in [5, 5.41) is 15.8. The number of hydrogen-bond donors (Lipinski definition) is 2. The van der Waals surface area contributed by atoms with Gasteiger partial charge in [-0.1, -0.05) is 42.5 Å². The Bertz CT molecular complexity index is 886. The predicted octanol–water partition coefficient (Wildman–Crippen LogP) is 3.20. The number of rotatable bonds is 7. The molecule has 0 saturated carbocycles. The Hall–Kier alpha value is -3.41. The number of carbonyl (C=O) groups is 2. The molecule has 1 aromatic heterocycles. The van der Waals surface area contributed by atoms with Crippen LogP contribution in [-0.2, 0) is 17.8 Å². The first-order chi connectivity index (χ1) is 12.6. The Morgan fingerprint density at radius 1 is 1.00 bits per heavy atom. The maximum absolute atomic E-state index is 12.3. The number of nitrogens with one attached hydrogen (secondary N) is 1. The Morgan fingerprint density at radius 3 is 2.42 bits per heavy atom. The van der Waals surface area contributed by atoms with Gasteiger partial charge in [-0.25, -0.2) is 0 Å². The van der Waals surface area contributed by atoms with Crippen LogP contribution in [-0.4, -0.2) is 26.8 Å². The minimum Gasteiger partial charge on any atom is -0.481 e. The number of carbonyl (C=O) groups excluding carboxylic acids is 1. The number of carboxylic acids is 1. The van der Waals surface area contributed by atoms with Gasteiger partial charge in [0.05, 0.1) is 18.3 Å². The molecule has 6 nitrogen and oxygen atoms in total. The SMILES string of the molecule is O=C(O)CCc1ccc(NC(=O)c2cnn(Cc3ccccc3)c2)cc1. The predicted molar refractivity (Wildman–Crippen MR) is 98.1 cm³/mol. The Morgan fingerprint density at radius 2 is 1.73 bits per heavy atom. The van der Waals surface area contributed by atoms with E-state index in [2.05, 4.69) is 10.4 Å². The quantitative estimate of drug-likeness (QED) is 0.686. The topological polar surface area (TPSA) is 84.2 Å². The summed E-state index contributed by atoms with van der Waals surface area (Å²) >= 11 is 0. The van der Waals surface area contributed by atoms with Crippen LogP contribution in [0.3, 0.4) is 0 Å². The van der Waals surface area contributed by atoms with Crippen LogP contribution in [0.2, 0.25) is 0 Å². The molecule has 3 aromatic rings. The van der Waals surface area contributed by atoms with Crippen molar-refractivity contribution >= 4 is 17.6 Å². The van der Waals surface area contributed by atoms with Gasteiger partial charge in [-0.3, -0.25) is 14.3 Å². The third kappa shape index (κ3) is 4.80. The van der Waals surface area contributed by atoms with Crippen LogP contribution in [0.4, 0.5) is 5.69 Å². The summed E-state index contributed by atoms with van der Waals surface area (Å²) in [6.45, 7) is 0.604. The molecule has 2 N–H and O–H groups in total. The van der Waals surface area contributed by atoms with E-state index in [4.69, 9.17) is 5.11 Å². The highest BCUT2D eigenvalue weighted by Gasteiger charge is 2.09. The molecular weight excluding hydrogens is 330 g/mol. The largest absolute Gasteiger partial charge is 0.481 e. The van der Waals surface area contributed by atoms with Crippen molar-refractivity contribution in [1.82, 2.24) is 9.78 Å². The number of hydrogen-bond acceptors (Lipinski definition) is 3. The molecule has 132 valence electrons. The molecule has 0 aliphatic carbocycles. The lowest BCUT2D eigenvalue weighted by atomic mass is 10.1. The highest BCUT2D eigenvalue weighted by Crippen LogP contribution is 2.13. The molecule has 0 atom stereocenters. The summed E-state index contributed by atoms with van der Waals surface area (Å²) < 4.78 is 1.72. The van der Waals surface area contributed by atoms with Crippen LogP contribution in [0.5, 0.6) is 0 Å². The summed E-state index contributed by atoms with van der Waals surface area (Å²) in [7, 11) is 0. The van der Waals surface area contributed by atoms with E-state index in [0.717, 1.165) is 11.1 Å². The summed E-state index contributed by atoms with van der Waals surface area (Å²) in [6, 6.07) is 17.1. The van der Waals surface area contributed by atoms with Crippen LogP contribution in [0, 0.1) is 0 Å². The lowest BCUT2D eigenvalue weighted by molar-refractivity contribution is -0.136. The molecule has 0 unspecified atom stereocenters. The van der Waals surface area contributed by atoms with Gasteiger partial charge in [-0.05, 0) is 29.7 Å². The summed E-state index contributed by atoms with van der Waals surface area (Å²) in [6.07, 6.45) is 3.81. The minimum atomic E-state index is -0.824. The molecule has 3 rings (SSSR count). The van der Waals surface area contributed by atoms with Crippen LogP contribution >= 0.6 is 0 Å². The lowest BCUT2D eigenvalue weighted by Gasteiger charge is -2.05. The van der Waals surface area contributed by atoms with Crippen LogP contribution < -0.4 is 5.32 Å². The fourth-order valence-corrected chi connectivity index (χ4v) is 2.55. The van der Waals surface area contributed by atoms with Gasteiger partial charge in [0.1, 0.15) is 0 Å². The van der Waals surface area contributed by atoms with Gasteiger partial charge in [-0.2, -0.15) is 5.10 Å². The number of anilines is 1. The first-order valence-corrected chi connectivity index (χ1v) is 8.28. The average molecular weight is 349 g/mol. The van der Waals surface area contributed by atoms with Crippen molar-refractivity contribution in [2.75, 3.05) is 5.32 Å². The van der Waals surface area contributed by atoms with Gasteiger partial charge in [0, 0.05) is 18.3 Å². The summed E-state index contributed by atoms with van der Waals surface area (Å²) in [5.41, 5.74) is 3.17. The third-order valence-electron chi connectivity index (χ3n) is 3.92. The zero-order valence-corrected chi connectivity index (χ0v) is 14.1. The molecular formula is C20H19N3O3. The van der Waals surface area contributed by atoms with Crippen LogP contribution in [0.25, 0.3) is 0 Å². The first kappa shape index (κ1) is 17.4. The van der Waals surface area contributed by atoms with E-state index in [1.165, 1.54) is 0 Å². The monoisotopic (exact) mass is 349 g/mol. The number of aliphatic carboxylic acids is 1. The Kier molecular flexibility index (Phi) is 5.43. The van der Waals surface area contributed by atoms with Crippen LogP contribution in [0.1, 0.15) is 27.9 Å². The van der Waals surface area contributed by atoms with E-state index in [9.17, 15) is 9.59 Å². The van der Waals surface area contributed by atoms with Crippen molar-refractivity contribution in [3.63, 3.8) is 0 Å². The Balaban J connectivity index is 1.59. The van der Waals surface area contributed by atoms with Gasteiger partial charge in [0.25, 0.3) is 5.91 Å².